The maximum atomic E-state index is 5.41. The number of anilines is 1. The van der Waals surface area contributed by atoms with Crippen molar-refractivity contribution in [2.24, 2.45) is 7.05 Å². The number of nitrogens with two attached hydrogens (primary N) is 1. The summed E-state index contributed by atoms with van der Waals surface area (Å²) in [7, 11) is 1.90. The molecule has 0 aliphatic heterocycles. The summed E-state index contributed by atoms with van der Waals surface area (Å²) in [4.78, 5) is 3.85. The number of aryl methyl sites for hydroxylation is 2. The molecule has 0 aliphatic rings. The minimum absolute atomic E-state index is 0.298. The van der Waals surface area contributed by atoms with Crippen LogP contribution in [0.1, 0.15) is 11.3 Å². The minimum Gasteiger partial charge on any atom is -0.367 e. The van der Waals surface area contributed by atoms with Crippen LogP contribution in [-0.4, -0.2) is 24.5 Å². The van der Waals surface area contributed by atoms with Crippen LogP contribution in [0, 0.1) is 6.92 Å². The van der Waals surface area contributed by atoms with Gasteiger partial charge >= 0.3 is 0 Å². The van der Waals surface area contributed by atoms with Gasteiger partial charge in [0.1, 0.15) is 6.33 Å². The third-order valence-corrected chi connectivity index (χ3v) is 2.00. The fraction of sp³-hybridized carbons (Fsp3) is 0.375. The van der Waals surface area contributed by atoms with Gasteiger partial charge in [0.05, 0.1) is 12.2 Å². The molecule has 0 fully saturated rings. The molecular weight excluding hydrogens is 180 g/mol. The van der Waals surface area contributed by atoms with E-state index in [1.165, 1.54) is 0 Å². The first-order valence-corrected chi connectivity index (χ1v) is 4.29. The molecule has 74 valence electrons. The Labute approximate surface area is 81.4 Å². The monoisotopic (exact) mass is 192 g/mol. The summed E-state index contributed by atoms with van der Waals surface area (Å²) in [5, 5.41) is 8.24. The van der Waals surface area contributed by atoms with Crippen molar-refractivity contribution in [3.05, 3.63) is 23.8 Å². The number of hydrogen-bond acceptors (Lipinski definition) is 4. The summed E-state index contributed by atoms with van der Waals surface area (Å²) in [5.74, 6) is 0.298. The lowest BCUT2D eigenvalue weighted by molar-refractivity contribution is 0.684. The first kappa shape index (κ1) is 8.74. The normalized spacial score (nSPS) is 10.7. The molecule has 2 heterocycles. The second kappa shape index (κ2) is 3.13. The zero-order valence-electron chi connectivity index (χ0n) is 8.18. The maximum absolute atomic E-state index is 5.41. The summed E-state index contributed by atoms with van der Waals surface area (Å²) in [5.41, 5.74) is 7.54. The quantitative estimate of drug-likeness (QED) is 0.724. The van der Waals surface area contributed by atoms with Gasteiger partial charge in [-0.2, -0.15) is 5.10 Å². The van der Waals surface area contributed by atoms with Crippen LogP contribution in [0.3, 0.4) is 0 Å². The van der Waals surface area contributed by atoms with Gasteiger partial charge in [0.2, 0.25) is 5.95 Å². The van der Waals surface area contributed by atoms with Crippen molar-refractivity contribution in [1.29, 1.82) is 0 Å². The predicted molar refractivity (Wildman–Crippen MR) is 51.5 cm³/mol. The van der Waals surface area contributed by atoms with Crippen molar-refractivity contribution in [2.45, 2.75) is 13.5 Å². The molecule has 6 heteroatoms. The van der Waals surface area contributed by atoms with E-state index in [4.69, 9.17) is 5.73 Å². The molecular formula is C8H12N6. The molecule has 0 unspecified atom stereocenters. The van der Waals surface area contributed by atoms with Gasteiger partial charge in [-0.05, 0) is 6.92 Å². The molecule has 2 aromatic heterocycles. The lowest BCUT2D eigenvalue weighted by Gasteiger charge is -1.96. The second-order valence-electron chi connectivity index (χ2n) is 3.21. The molecule has 0 amide bonds. The van der Waals surface area contributed by atoms with Gasteiger partial charge in [0.25, 0.3) is 0 Å². The first-order valence-electron chi connectivity index (χ1n) is 4.29. The number of rotatable bonds is 2. The molecule has 0 saturated carbocycles. The van der Waals surface area contributed by atoms with Crippen LogP contribution in [0.2, 0.25) is 0 Å². The Bertz CT molecular complexity index is 440. The van der Waals surface area contributed by atoms with Crippen molar-refractivity contribution in [1.82, 2.24) is 24.5 Å². The van der Waals surface area contributed by atoms with Crippen molar-refractivity contribution in [3.8, 4) is 0 Å². The Morgan fingerprint density at radius 2 is 2.21 bits per heavy atom. The van der Waals surface area contributed by atoms with Gasteiger partial charge in [0.15, 0.2) is 0 Å². The molecule has 0 saturated heterocycles. The number of nitrogens with zero attached hydrogens (tertiary/aromatic N) is 5. The maximum Gasteiger partial charge on any atom is 0.239 e. The van der Waals surface area contributed by atoms with Gasteiger partial charge in [-0.1, -0.05) is 0 Å². The van der Waals surface area contributed by atoms with Crippen LogP contribution in [0.15, 0.2) is 12.5 Å². The van der Waals surface area contributed by atoms with Crippen LogP contribution in [0.4, 0.5) is 5.95 Å². The smallest absolute Gasteiger partial charge is 0.239 e. The highest BCUT2D eigenvalue weighted by atomic mass is 15.4. The van der Waals surface area contributed by atoms with Crippen molar-refractivity contribution in [2.75, 3.05) is 5.73 Å². The van der Waals surface area contributed by atoms with E-state index in [-0.39, 0.29) is 0 Å². The molecule has 0 radical (unpaired) electrons. The Balaban J connectivity index is 2.22. The van der Waals surface area contributed by atoms with E-state index >= 15 is 0 Å². The van der Waals surface area contributed by atoms with Gasteiger partial charge in [0, 0.05) is 18.8 Å². The van der Waals surface area contributed by atoms with E-state index in [0.717, 1.165) is 11.3 Å². The van der Waals surface area contributed by atoms with Crippen molar-refractivity contribution < 1.29 is 0 Å². The van der Waals surface area contributed by atoms with Crippen LogP contribution in [0.5, 0.6) is 0 Å². The van der Waals surface area contributed by atoms with Crippen molar-refractivity contribution in [3.63, 3.8) is 0 Å². The topological polar surface area (TPSA) is 74.5 Å². The summed E-state index contributed by atoms with van der Waals surface area (Å²) >= 11 is 0. The summed E-state index contributed by atoms with van der Waals surface area (Å²) in [6.07, 6.45) is 3.58. The van der Waals surface area contributed by atoms with Gasteiger partial charge in [-0.15, -0.1) is 5.10 Å². The third kappa shape index (κ3) is 1.59. The van der Waals surface area contributed by atoms with E-state index in [2.05, 4.69) is 15.2 Å². The fourth-order valence-electron chi connectivity index (χ4n) is 1.36. The van der Waals surface area contributed by atoms with E-state index < -0.39 is 0 Å². The standard InChI is InChI=1S/C8H12N6/c1-6-7(3-13(2)11-6)4-14-5-10-8(9)12-14/h3,5H,4H2,1-2H3,(H2,9,12). The first-order chi connectivity index (χ1) is 6.65. The van der Waals surface area contributed by atoms with E-state index in [0.29, 0.717) is 12.5 Å². The van der Waals surface area contributed by atoms with Crippen LogP contribution >= 0.6 is 0 Å². The molecule has 6 nitrogen and oxygen atoms in total. The third-order valence-electron chi connectivity index (χ3n) is 2.00. The lowest BCUT2D eigenvalue weighted by Crippen LogP contribution is -2.01. The predicted octanol–water partition coefficient (Wildman–Crippen LogP) is -0.0495. The fourth-order valence-corrected chi connectivity index (χ4v) is 1.36. The number of hydrogen-bond donors (Lipinski definition) is 1. The highest BCUT2D eigenvalue weighted by molar-refractivity contribution is 5.16. The molecule has 0 bridgehead atoms. The zero-order valence-corrected chi connectivity index (χ0v) is 8.18. The highest BCUT2D eigenvalue weighted by Crippen LogP contribution is 2.06. The van der Waals surface area contributed by atoms with Gasteiger partial charge in [-0.25, -0.2) is 9.67 Å². The lowest BCUT2D eigenvalue weighted by atomic mass is 10.3. The summed E-state index contributed by atoms with van der Waals surface area (Å²) in [6, 6.07) is 0. The molecule has 0 atom stereocenters. The minimum atomic E-state index is 0.298. The molecule has 0 aromatic carbocycles. The Morgan fingerprint density at radius 1 is 1.43 bits per heavy atom. The molecule has 14 heavy (non-hydrogen) atoms. The van der Waals surface area contributed by atoms with Crippen molar-refractivity contribution >= 4 is 5.95 Å². The van der Waals surface area contributed by atoms with Crippen LogP contribution < -0.4 is 5.73 Å². The SMILES string of the molecule is Cc1nn(C)cc1Cn1cnc(N)n1. The van der Waals surface area contributed by atoms with E-state index in [1.54, 1.807) is 15.7 Å². The average Bonchev–Trinajstić information content (AvgIpc) is 2.61. The zero-order chi connectivity index (χ0) is 10.1. The van der Waals surface area contributed by atoms with Gasteiger partial charge < -0.3 is 5.73 Å². The molecule has 2 N–H and O–H groups in total. The van der Waals surface area contributed by atoms with Crippen LogP contribution in [-0.2, 0) is 13.6 Å². The second-order valence-corrected chi connectivity index (χ2v) is 3.21. The Hall–Kier alpha value is -1.85. The van der Waals surface area contributed by atoms with E-state index in [9.17, 15) is 0 Å². The molecule has 0 spiro atoms. The molecule has 2 aromatic rings. The summed E-state index contributed by atoms with van der Waals surface area (Å²) < 4.78 is 3.48. The Kier molecular flexibility index (Phi) is 1.95. The summed E-state index contributed by atoms with van der Waals surface area (Å²) in [6.45, 7) is 2.62. The van der Waals surface area contributed by atoms with E-state index in [1.807, 2.05) is 20.2 Å². The highest BCUT2D eigenvalue weighted by Gasteiger charge is 2.04. The van der Waals surface area contributed by atoms with Crippen LogP contribution in [0.25, 0.3) is 0 Å². The van der Waals surface area contributed by atoms with Gasteiger partial charge in [-0.3, -0.25) is 4.68 Å². The Morgan fingerprint density at radius 3 is 2.71 bits per heavy atom. The average molecular weight is 192 g/mol. The largest absolute Gasteiger partial charge is 0.367 e. The number of nitrogen functional groups attached to an aromatic ring is 1. The number of aromatic nitrogens is 5. The molecule has 2 rings (SSSR count). The molecule has 0 aliphatic carbocycles.